The topological polar surface area (TPSA) is 19.6 Å². The van der Waals surface area contributed by atoms with Crippen molar-refractivity contribution in [3.05, 3.63) is 216 Å². The van der Waals surface area contributed by atoms with Crippen molar-refractivity contribution in [2.75, 3.05) is 9.80 Å². The lowest BCUT2D eigenvalue weighted by Gasteiger charge is -2.31. The SMILES string of the molecule is c1ccc(-c2cccc(N(c3ccccc3)c3ccc4c(c3)[C@@]3(CC4)CCc4ccc(N(c5ccccc5)c5ccc6oc7ccccc7c6c5)cc43)c2)cc1. The number of para-hydroxylation sites is 3. The molecule has 0 radical (unpaired) electrons. The van der Waals surface area contributed by atoms with Crippen molar-refractivity contribution >= 4 is 56.1 Å². The van der Waals surface area contributed by atoms with Crippen LogP contribution in [-0.2, 0) is 18.3 Å². The van der Waals surface area contributed by atoms with E-state index in [-0.39, 0.29) is 5.41 Å². The number of hydrogen-bond acceptors (Lipinski definition) is 3. The Labute approximate surface area is 327 Å². The van der Waals surface area contributed by atoms with Crippen LogP contribution in [0, 0.1) is 0 Å². The third-order valence-electron chi connectivity index (χ3n) is 12.2. The molecule has 1 heterocycles. The summed E-state index contributed by atoms with van der Waals surface area (Å²) in [5, 5.41) is 2.27. The minimum Gasteiger partial charge on any atom is -0.456 e. The minimum absolute atomic E-state index is 0.0436. The molecule has 0 N–H and O–H groups in total. The minimum atomic E-state index is -0.0436. The number of anilines is 6. The molecule has 0 saturated heterocycles. The zero-order valence-electron chi connectivity index (χ0n) is 31.1. The lowest BCUT2D eigenvalue weighted by atomic mass is 9.76. The summed E-state index contributed by atoms with van der Waals surface area (Å²) in [6, 6.07) is 70.6. The second-order valence-corrected chi connectivity index (χ2v) is 15.3. The first-order valence-corrected chi connectivity index (χ1v) is 19.8. The molecular weight excluding hydrogens is 681 g/mol. The molecule has 0 fully saturated rings. The van der Waals surface area contributed by atoms with Crippen LogP contribution in [0.4, 0.5) is 34.1 Å². The summed E-state index contributed by atoms with van der Waals surface area (Å²) < 4.78 is 6.24. The molecule has 1 aromatic heterocycles. The standard InChI is InChI=1S/C53H40N2O/c1-4-13-37(14-5-1)40-15-12-20-43(33-40)54(41-16-6-2-7-17-41)45-25-23-38-29-31-53(49(38)35-45)32-30-39-24-26-46(36-50(39)53)55(42-18-8-3-9-19-42)44-27-28-52-48(34-44)47-21-10-11-22-51(47)56-52/h1-28,33-36H,29-32H2/t53-/m1/s1. The fourth-order valence-electron chi connectivity index (χ4n) is 9.60. The molecule has 268 valence electrons. The summed E-state index contributed by atoms with van der Waals surface area (Å²) in [7, 11) is 0. The third kappa shape index (κ3) is 5.34. The van der Waals surface area contributed by atoms with Crippen molar-refractivity contribution < 1.29 is 4.42 Å². The molecule has 2 aliphatic rings. The molecule has 1 atom stereocenters. The van der Waals surface area contributed by atoms with E-state index in [1.807, 2.05) is 6.07 Å². The summed E-state index contributed by atoms with van der Waals surface area (Å²) in [4.78, 5) is 4.84. The maximum atomic E-state index is 6.24. The van der Waals surface area contributed by atoms with E-state index >= 15 is 0 Å². The molecule has 11 rings (SSSR count). The molecule has 3 heteroatoms. The molecule has 2 aliphatic carbocycles. The van der Waals surface area contributed by atoms with Gasteiger partial charge >= 0.3 is 0 Å². The normalized spacial score (nSPS) is 15.6. The van der Waals surface area contributed by atoms with Gasteiger partial charge in [-0.25, -0.2) is 0 Å². The molecule has 8 aromatic carbocycles. The van der Waals surface area contributed by atoms with Crippen LogP contribution in [0.15, 0.2) is 199 Å². The highest BCUT2D eigenvalue weighted by Crippen LogP contribution is 2.55. The summed E-state index contributed by atoms with van der Waals surface area (Å²) >= 11 is 0. The fourth-order valence-corrected chi connectivity index (χ4v) is 9.60. The molecule has 9 aromatic rings. The number of furan rings is 1. The predicted octanol–water partition coefficient (Wildman–Crippen LogP) is 14.4. The number of nitrogens with zero attached hydrogens (tertiary/aromatic N) is 2. The first kappa shape index (κ1) is 32.6. The Bertz CT molecular complexity index is 2880. The van der Waals surface area contributed by atoms with E-state index in [2.05, 4.69) is 198 Å². The second-order valence-electron chi connectivity index (χ2n) is 15.3. The molecule has 0 aliphatic heterocycles. The van der Waals surface area contributed by atoms with E-state index in [1.54, 1.807) is 0 Å². The van der Waals surface area contributed by atoms with Gasteiger partial charge in [-0.1, -0.05) is 109 Å². The maximum absolute atomic E-state index is 6.24. The van der Waals surface area contributed by atoms with Crippen molar-refractivity contribution in [2.45, 2.75) is 31.1 Å². The highest BCUT2D eigenvalue weighted by molar-refractivity contribution is 6.06. The van der Waals surface area contributed by atoms with Gasteiger partial charge in [0.1, 0.15) is 11.2 Å². The van der Waals surface area contributed by atoms with E-state index in [0.29, 0.717) is 0 Å². The monoisotopic (exact) mass is 720 g/mol. The Morgan fingerprint density at radius 2 is 0.839 bits per heavy atom. The summed E-state index contributed by atoms with van der Waals surface area (Å²) in [5.74, 6) is 0. The van der Waals surface area contributed by atoms with Gasteiger partial charge in [0.2, 0.25) is 0 Å². The van der Waals surface area contributed by atoms with Crippen molar-refractivity contribution in [2.24, 2.45) is 0 Å². The Morgan fingerprint density at radius 1 is 0.357 bits per heavy atom. The van der Waals surface area contributed by atoms with E-state index in [4.69, 9.17) is 4.42 Å². The summed E-state index contributed by atoms with van der Waals surface area (Å²) in [5.41, 5.74) is 17.0. The quantitative estimate of drug-likeness (QED) is 0.163. The van der Waals surface area contributed by atoms with Crippen molar-refractivity contribution in [1.29, 1.82) is 0 Å². The molecular formula is C53H40N2O. The van der Waals surface area contributed by atoms with E-state index in [9.17, 15) is 0 Å². The molecule has 0 amide bonds. The van der Waals surface area contributed by atoms with Gasteiger partial charge in [-0.2, -0.15) is 0 Å². The highest BCUT2D eigenvalue weighted by atomic mass is 16.3. The number of hydrogen-bond donors (Lipinski definition) is 0. The van der Waals surface area contributed by atoms with Crippen molar-refractivity contribution in [1.82, 2.24) is 0 Å². The smallest absolute Gasteiger partial charge is 0.135 e. The van der Waals surface area contributed by atoms with Crippen LogP contribution < -0.4 is 9.80 Å². The Morgan fingerprint density at radius 3 is 1.48 bits per heavy atom. The fraction of sp³-hybridized carbons (Fsp3) is 0.0943. The van der Waals surface area contributed by atoms with E-state index < -0.39 is 0 Å². The van der Waals surface area contributed by atoms with Crippen LogP contribution in [0.1, 0.15) is 35.1 Å². The summed E-state index contributed by atoms with van der Waals surface area (Å²) in [6.07, 6.45) is 4.41. The number of aryl methyl sites for hydroxylation is 2. The molecule has 56 heavy (non-hydrogen) atoms. The molecule has 0 unspecified atom stereocenters. The van der Waals surface area contributed by atoms with Crippen molar-refractivity contribution in [3.8, 4) is 11.1 Å². The van der Waals surface area contributed by atoms with Gasteiger partial charge < -0.3 is 14.2 Å². The van der Waals surface area contributed by atoms with Gasteiger partial charge in [-0.15, -0.1) is 0 Å². The number of fused-ring (bicyclic) bond motifs is 7. The van der Waals surface area contributed by atoms with E-state index in [1.165, 1.54) is 44.8 Å². The van der Waals surface area contributed by atoms with Crippen LogP contribution in [0.2, 0.25) is 0 Å². The Hall–Kier alpha value is -6.84. The van der Waals surface area contributed by atoms with Gasteiger partial charge in [0.15, 0.2) is 0 Å². The van der Waals surface area contributed by atoms with Gasteiger partial charge in [-0.3, -0.25) is 0 Å². The number of benzene rings is 8. The Balaban J connectivity index is 1.03. The van der Waals surface area contributed by atoms with E-state index in [0.717, 1.165) is 70.4 Å². The van der Waals surface area contributed by atoms with Gasteiger partial charge in [-0.05, 0) is 144 Å². The largest absolute Gasteiger partial charge is 0.456 e. The van der Waals surface area contributed by atoms with Crippen molar-refractivity contribution in [3.63, 3.8) is 0 Å². The average Bonchev–Trinajstić information content (AvgIpc) is 3.95. The Kier molecular flexibility index (Phi) is 7.67. The third-order valence-corrected chi connectivity index (χ3v) is 12.2. The predicted molar refractivity (Wildman–Crippen MR) is 232 cm³/mol. The van der Waals surface area contributed by atoms with Crippen LogP contribution in [0.5, 0.6) is 0 Å². The molecule has 0 bridgehead atoms. The lowest BCUT2D eigenvalue weighted by Crippen LogP contribution is -2.22. The first-order valence-electron chi connectivity index (χ1n) is 19.8. The van der Waals surface area contributed by atoms with Crippen LogP contribution >= 0.6 is 0 Å². The van der Waals surface area contributed by atoms with Gasteiger partial charge in [0.05, 0.1) is 0 Å². The highest BCUT2D eigenvalue weighted by Gasteiger charge is 2.45. The zero-order valence-corrected chi connectivity index (χ0v) is 31.1. The number of rotatable bonds is 7. The van der Waals surface area contributed by atoms with Crippen LogP contribution in [0.3, 0.4) is 0 Å². The second kappa shape index (κ2) is 13.2. The maximum Gasteiger partial charge on any atom is 0.135 e. The molecule has 1 spiro atoms. The lowest BCUT2D eigenvalue weighted by molar-refractivity contribution is 0.507. The van der Waals surface area contributed by atoms with Crippen LogP contribution in [-0.4, -0.2) is 0 Å². The first-order chi connectivity index (χ1) is 27.7. The molecule has 0 saturated carbocycles. The van der Waals surface area contributed by atoms with Gasteiger partial charge in [0.25, 0.3) is 0 Å². The van der Waals surface area contributed by atoms with Crippen LogP contribution in [0.25, 0.3) is 33.1 Å². The van der Waals surface area contributed by atoms with Gasteiger partial charge in [0, 0.05) is 50.3 Å². The average molecular weight is 721 g/mol. The summed E-state index contributed by atoms with van der Waals surface area (Å²) in [6.45, 7) is 0. The molecule has 3 nitrogen and oxygen atoms in total. The zero-order chi connectivity index (χ0) is 37.1.